The van der Waals surface area contributed by atoms with Gasteiger partial charge in [0.15, 0.2) is 5.82 Å². The molecule has 21 heavy (non-hydrogen) atoms. The highest BCUT2D eigenvalue weighted by atomic mass is 16.5. The van der Waals surface area contributed by atoms with Crippen molar-refractivity contribution in [3.63, 3.8) is 0 Å². The van der Waals surface area contributed by atoms with E-state index in [9.17, 15) is 0 Å². The molecule has 1 saturated carbocycles. The Morgan fingerprint density at radius 1 is 1.48 bits per heavy atom. The molecular formula is C16H18N4O. The molecule has 1 aliphatic rings. The molecule has 1 aromatic heterocycles. The van der Waals surface area contributed by atoms with Crippen LogP contribution in [0.2, 0.25) is 0 Å². The van der Waals surface area contributed by atoms with Crippen LogP contribution in [-0.2, 0) is 6.54 Å². The lowest BCUT2D eigenvalue weighted by Crippen LogP contribution is -2.22. The fourth-order valence-corrected chi connectivity index (χ4v) is 2.28. The summed E-state index contributed by atoms with van der Waals surface area (Å²) in [5.41, 5.74) is 1.78. The molecule has 108 valence electrons. The Kier molecular flexibility index (Phi) is 3.72. The molecule has 1 atom stereocenters. The van der Waals surface area contributed by atoms with E-state index in [1.54, 1.807) is 0 Å². The standard InChI is InChI=1S/C16H18N4O/c1-11(16-18-15(19-21-16)14-6-7-14)20(2)10-13-5-3-4-12(8-13)9-17/h3-5,8,11,14H,6-7,10H2,1-2H3/t11-/m0/s1. The largest absolute Gasteiger partial charge is 0.338 e. The van der Waals surface area contributed by atoms with Gasteiger partial charge >= 0.3 is 0 Å². The average Bonchev–Trinajstić information content (AvgIpc) is 3.24. The van der Waals surface area contributed by atoms with Gasteiger partial charge in [0.25, 0.3) is 0 Å². The lowest BCUT2D eigenvalue weighted by Gasteiger charge is -2.21. The second-order valence-corrected chi connectivity index (χ2v) is 5.67. The average molecular weight is 282 g/mol. The van der Waals surface area contributed by atoms with Gasteiger partial charge in [0, 0.05) is 12.5 Å². The predicted molar refractivity (Wildman–Crippen MR) is 77.3 cm³/mol. The fourth-order valence-electron chi connectivity index (χ4n) is 2.28. The third kappa shape index (κ3) is 3.11. The molecule has 0 spiro atoms. The monoisotopic (exact) mass is 282 g/mol. The van der Waals surface area contributed by atoms with Crippen molar-refractivity contribution in [1.82, 2.24) is 15.0 Å². The van der Waals surface area contributed by atoms with E-state index in [1.165, 1.54) is 12.8 Å². The molecule has 5 heteroatoms. The maximum Gasteiger partial charge on any atom is 0.243 e. The lowest BCUT2D eigenvalue weighted by atomic mass is 10.1. The van der Waals surface area contributed by atoms with Crippen molar-refractivity contribution in [3.8, 4) is 6.07 Å². The van der Waals surface area contributed by atoms with Gasteiger partial charge in [-0.2, -0.15) is 10.2 Å². The van der Waals surface area contributed by atoms with Crippen molar-refractivity contribution in [2.24, 2.45) is 0 Å². The highest BCUT2D eigenvalue weighted by Crippen LogP contribution is 2.38. The van der Waals surface area contributed by atoms with Gasteiger partial charge in [-0.3, -0.25) is 4.90 Å². The molecule has 1 heterocycles. The van der Waals surface area contributed by atoms with Crippen molar-refractivity contribution in [3.05, 3.63) is 47.1 Å². The summed E-state index contributed by atoms with van der Waals surface area (Å²) in [6.45, 7) is 2.79. The molecule has 3 rings (SSSR count). The molecule has 0 aliphatic heterocycles. The van der Waals surface area contributed by atoms with Crippen molar-refractivity contribution in [2.75, 3.05) is 7.05 Å². The maximum atomic E-state index is 8.95. The number of aromatic nitrogens is 2. The zero-order chi connectivity index (χ0) is 14.8. The molecule has 1 aromatic carbocycles. The summed E-state index contributed by atoms with van der Waals surface area (Å²) in [6.07, 6.45) is 2.34. The number of benzene rings is 1. The van der Waals surface area contributed by atoms with E-state index in [1.807, 2.05) is 31.3 Å². The van der Waals surface area contributed by atoms with E-state index in [0.717, 1.165) is 17.9 Å². The van der Waals surface area contributed by atoms with Gasteiger partial charge in [-0.1, -0.05) is 17.3 Å². The first kappa shape index (κ1) is 13.8. The van der Waals surface area contributed by atoms with E-state index >= 15 is 0 Å². The summed E-state index contributed by atoms with van der Waals surface area (Å²) in [5, 5.41) is 13.0. The second-order valence-electron chi connectivity index (χ2n) is 5.67. The SMILES string of the molecule is C[C@@H](c1nc(C2CC2)no1)N(C)Cc1cccc(C#N)c1. The van der Waals surface area contributed by atoms with Gasteiger partial charge < -0.3 is 4.52 Å². The van der Waals surface area contributed by atoms with Gasteiger partial charge in [-0.15, -0.1) is 0 Å². The minimum absolute atomic E-state index is 0.0516. The van der Waals surface area contributed by atoms with Crippen LogP contribution in [0.3, 0.4) is 0 Å². The topological polar surface area (TPSA) is 66.0 Å². The molecule has 0 amide bonds. The summed E-state index contributed by atoms with van der Waals surface area (Å²) < 4.78 is 5.38. The van der Waals surface area contributed by atoms with Gasteiger partial charge in [0.2, 0.25) is 5.89 Å². The van der Waals surface area contributed by atoms with E-state index in [-0.39, 0.29) is 6.04 Å². The van der Waals surface area contributed by atoms with Crippen LogP contribution in [0.4, 0.5) is 0 Å². The summed E-state index contributed by atoms with van der Waals surface area (Å²) in [7, 11) is 2.02. The van der Waals surface area contributed by atoms with E-state index in [2.05, 4.69) is 28.0 Å². The summed E-state index contributed by atoms with van der Waals surface area (Å²) in [5.74, 6) is 2.01. The van der Waals surface area contributed by atoms with Crippen LogP contribution in [0.1, 0.15) is 54.6 Å². The molecule has 1 fully saturated rings. The minimum atomic E-state index is 0.0516. The van der Waals surface area contributed by atoms with Gasteiger partial charge in [-0.25, -0.2) is 0 Å². The maximum absolute atomic E-state index is 8.95. The smallest absolute Gasteiger partial charge is 0.243 e. The number of rotatable bonds is 5. The Hall–Kier alpha value is -2.19. The summed E-state index contributed by atoms with van der Waals surface area (Å²) in [4.78, 5) is 6.64. The van der Waals surface area contributed by atoms with Crippen LogP contribution in [0, 0.1) is 11.3 Å². The first-order chi connectivity index (χ1) is 10.2. The van der Waals surface area contributed by atoms with Crippen LogP contribution >= 0.6 is 0 Å². The molecule has 0 radical (unpaired) electrons. The molecular weight excluding hydrogens is 264 g/mol. The van der Waals surface area contributed by atoms with Crippen LogP contribution in [0.15, 0.2) is 28.8 Å². The van der Waals surface area contributed by atoms with E-state index < -0.39 is 0 Å². The number of hydrogen-bond acceptors (Lipinski definition) is 5. The molecule has 0 bridgehead atoms. The van der Waals surface area contributed by atoms with Gasteiger partial charge in [0.1, 0.15) is 0 Å². The van der Waals surface area contributed by atoms with E-state index in [0.29, 0.717) is 17.4 Å². The highest BCUT2D eigenvalue weighted by molar-refractivity contribution is 5.32. The molecule has 1 aliphatic carbocycles. The molecule has 0 N–H and O–H groups in total. The molecule has 2 aromatic rings. The number of hydrogen-bond donors (Lipinski definition) is 0. The zero-order valence-corrected chi connectivity index (χ0v) is 12.3. The first-order valence-corrected chi connectivity index (χ1v) is 7.20. The lowest BCUT2D eigenvalue weighted by molar-refractivity contribution is 0.202. The number of nitriles is 1. The van der Waals surface area contributed by atoms with E-state index in [4.69, 9.17) is 9.78 Å². The Morgan fingerprint density at radius 3 is 3.00 bits per heavy atom. The van der Waals surface area contributed by atoms with Crippen molar-refractivity contribution in [1.29, 1.82) is 5.26 Å². The Labute approximate surface area is 124 Å². The van der Waals surface area contributed by atoms with Crippen molar-refractivity contribution >= 4 is 0 Å². The first-order valence-electron chi connectivity index (χ1n) is 7.20. The fraction of sp³-hybridized carbons (Fsp3) is 0.438. The van der Waals surface area contributed by atoms with Gasteiger partial charge in [-0.05, 0) is 44.5 Å². The van der Waals surface area contributed by atoms with Crippen LogP contribution in [0.25, 0.3) is 0 Å². The highest BCUT2D eigenvalue weighted by Gasteiger charge is 2.30. The molecule has 0 unspecified atom stereocenters. The minimum Gasteiger partial charge on any atom is -0.338 e. The van der Waals surface area contributed by atoms with Crippen LogP contribution in [-0.4, -0.2) is 22.1 Å². The predicted octanol–water partition coefficient (Wildman–Crippen LogP) is 3.01. The molecule has 0 saturated heterocycles. The van der Waals surface area contributed by atoms with Gasteiger partial charge in [0.05, 0.1) is 17.7 Å². The Bertz CT molecular complexity index is 669. The quantitative estimate of drug-likeness (QED) is 0.843. The third-order valence-electron chi connectivity index (χ3n) is 3.91. The van der Waals surface area contributed by atoms with Crippen LogP contribution < -0.4 is 0 Å². The summed E-state index contributed by atoms with van der Waals surface area (Å²) in [6, 6.07) is 9.87. The van der Waals surface area contributed by atoms with Crippen molar-refractivity contribution < 1.29 is 4.52 Å². The summed E-state index contributed by atoms with van der Waals surface area (Å²) >= 11 is 0. The number of nitrogens with zero attached hydrogens (tertiary/aromatic N) is 4. The Balaban J connectivity index is 1.68. The second kappa shape index (κ2) is 5.66. The van der Waals surface area contributed by atoms with Crippen LogP contribution in [0.5, 0.6) is 0 Å². The zero-order valence-electron chi connectivity index (χ0n) is 12.3. The Morgan fingerprint density at radius 2 is 2.29 bits per heavy atom. The molecule has 5 nitrogen and oxygen atoms in total. The normalized spacial score (nSPS) is 15.9. The third-order valence-corrected chi connectivity index (χ3v) is 3.91. The van der Waals surface area contributed by atoms with Crippen molar-refractivity contribution in [2.45, 2.75) is 38.3 Å².